The van der Waals surface area contributed by atoms with Crippen molar-refractivity contribution in [3.63, 3.8) is 0 Å². The first-order valence-corrected chi connectivity index (χ1v) is 8.83. The molecule has 18 heavy (non-hydrogen) atoms. The van der Waals surface area contributed by atoms with Gasteiger partial charge in [-0.15, -0.1) is 0 Å². The van der Waals surface area contributed by atoms with E-state index in [0.717, 1.165) is 0 Å². The van der Waals surface area contributed by atoms with Crippen LogP contribution in [0.15, 0.2) is 56.3 Å². The Morgan fingerprint density at radius 2 is 1.28 bits per heavy atom. The summed E-state index contributed by atoms with van der Waals surface area (Å²) < 4.78 is 2.84. The lowest BCUT2D eigenvalue weighted by atomic mass is 10.4. The Morgan fingerprint density at radius 3 is 1.61 bits per heavy atom. The molecule has 0 aromatic heterocycles. The summed E-state index contributed by atoms with van der Waals surface area (Å²) in [6.45, 7) is 17.9. The van der Waals surface area contributed by atoms with Gasteiger partial charge in [0.1, 0.15) is 0 Å². The molecule has 0 atom stereocenters. The Morgan fingerprint density at radius 1 is 0.833 bits per heavy atom. The first-order valence-electron chi connectivity index (χ1n) is 6.67. The van der Waals surface area contributed by atoms with Gasteiger partial charge in [-0.3, -0.25) is 0 Å². The van der Waals surface area contributed by atoms with E-state index in [9.17, 15) is 0 Å². The minimum absolute atomic E-state index is 0.0489. The molecule has 0 radical (unpaired) electrons. The predicted octanol–water partition coefficient (Wildman–Crippen LogP) is 3.25. The first kappa shape index (κ1) is 22.6. The molecule has 0 N–H and O–H groups in total. The molecule has 0 amide bonds. The highest BCUT2D eigenvalue weighted by Crippen LogP contribution is 1.86. The zero-order chi connectivity index (χ0) is 14.8. The second-order valence-corrected chi connectivity index (χ2v) is 5.59. The summed E-state index contributed by atoms with van der Waals surface area (Å²) >= 11 is -0.0489. The molecule has 0 heterocycles. The van der Waals surface area contributed by atoms with Crippen LogP contribution in [0.25, 0.3) is 0 Å². The van der Waals surface area contributed by atoms with E-state index in [1.54, 1.807) is 0 Å². The Labute approximate surface area is 126 Å². The van der Waals surface area contributed by atoms with Gasteiger partial charge in [-0.1, -0.05) is 52.5 Å². The highest BCUT2D eigenvalue weighted by molar-refractivity contribution is 5.18. The topological polar surface area (TPSA) is 0 Å². The van der Waals surface area contributed by atoms with Crippen molar-refractivity contribution in [1.29, 1.82) is 0 Å². The summed E-state index contributed by atoms with van der Waals surface area (Å²) in [5.74, 6) is 0. The van der Waals surface area contributed by atoms with Crippen LogP contribution in [0, 0.1) is 0 Å². The van der Waals surface area contributed by atoms with Crippen LogP contribution >= 0.6 is 0 Å². The highest BCUT2D eigenvalue weighted by Gasteiger charge is 2.15. The minimum atomic E-state index is -0.0489. The van der Waals surface area contributed by atoms with Gasteiger partial charge in [0.2, 0.25) is 0 Å². The van der Waals surface area contributed by atoms with E-state index in [-0.39, 0.29) is 21.2 Å². The zero-order valence-electron chi connectivity index (χ0n) is 13.1. The predicted molar refractivity (Wildman–Crippen MR) is 84.4 cm³/mol. The Bertz CT molecular complexity index is 278. The maximum atomic E-state index is 3.73. The molecule has 0 aromatic rings. The highest BCUT2D eigenvalue weighted by atomic mass is 127. The van der Waals surface area contributed by atoms with Crippen LogP contribution < -0.4 is 21.2 Å². The summed E-state index contributed by atoms with van der Waals surface area (Å²) in [7, 11) is 0. The number of hydrogen-bond acceptors (Lipinski definition) is 0. The maximum Gasteiger partial charge on any atom is 0.357 e. The molecule has 0 aromatic carbocycles. The molecule has 1 heteroatoms. The van der Waals surface area contributed by atoms with Crippen LogP contribution in [0.5, 0.6) is 0 Å². The number of allylic oxidation sites excluding steroid dienone is 9. The van der Waals surface area contributed by atoms with Crippen LogP contribution in [0.3, 0.4) is 0 Å². The maximum absolute atomic E-state index is 3.73. The third-order valence-electron chi connectivity index (χ3n) is 1.42. The van der Waals surface area contributed by atoms with E-state index < -0.39 is 0 Å². The van der Waals surface area contributed by atoms with Gasteiger partial charge >= 0.3 is 21.2 Å². The van der Waals surface area contributed by atoms with Gasteiger partial charge in [0.25, 0.3) is 0 Å². The summed E-state index contributed by atoms with van der Waals surface area (Å²) in [6.07, 6.45) is 14.7. The van der Waals surface area contributed by atoms with E-state index >= 15 is 0 Å². The van der Waals surface area contributed by atoms with Crippen molar-refractivity contribution < 1.29 is 21.2 Å². The lowest BCUT2D eigenvalue weighted by Gasteiger charge is -1.84. The molecule has 0 saturated carbocycles. The third-order valence-corrected chi connectivity index (χ3v) is 4.37. The van der Waals surface area contributed by atoms with Crippen molar-refractivity contribution in [2.45, 2.75) is 48.5 Å². The molecule has 0 aliphatic heterocycles. The van der Waals surface area contributed by atoms with Gasteiger partial charge in [-0.2, -0.15) is 0 Å². The van der Waals surface area contributed by atoms with Crippen LogP contribution in [0.4, 0.5) is 0 Å². The van der Waals surface area contributed by atoms with Crippen molar-refractivity contribution in [1.82, 2.24) is 0 Å². The summed E-state index contributed by atoms with van der Waals surface area (Å²) in [5, 5.41) is 0. The van der Waals surface area contributed by atoms with Crippen LogP contribution in [-0.2, 0) is 0 Å². The van der Waals surface area contributed by atoms with Crippen molar-refractivity contribution in [3.8, 4) is 0 Å². The normalized spacial score (nSPS) is 11.7. The van der Waals surface area contributed by atoms with E-state index in [0.29, 0.717) is 0 Å². The van der Waals surface area contributed by atoms with Gasteiger partial charge < -0.3 is 0 Å². The second kappa shape index (κ2) is 21.7. The largest absolute Gasteiger partial charge is 0.357 e. The Kier molecular flexibility index (Phi) is 27.2. The smallest absolute Gasteiger partial charge is 0.0989 e. The molecule has 0 saturated heterocycles. The van der Waals surface area contributed by atoms with Gasteiger partial charge in [-0.25, -0.2) is 0 Å². The van der Waals surface area contributed by atoms with Gasteiger partial charge in [0.15, 0.2) is 7.16 Å². The monoisotopic (exact) mass is 361 g/mol. The fourth-order valence-electron chi connectivity index (χ4n) is 0.858. The van der Waals surface area contributed by atoms with E-state index in [1.165, 1.54) is 7.16 Å². The molecule has 0 unspecified atom stereocenters. The molecule has 0 bridgehead atoms. The average molecular weight is 361 g/mol. The standard InChI is InChI=1S/C13H18I.2C2H6/c1-5-9-12(8-4)14-13(10-6-2)11-7-3;2*1-2/h5-11H,2H2,1,3-4H3;2*1-2H3/q+1;;/b9-5-,11-7-,12-8+,13-10+;;. The number of rotatable bonds is 5. The van der Waals surface area contributed by atoms with Crippen molar-refractivity contribution in [3.05, 3.63) is 56.3 Å². The van der Waals surface area contributed by atoms with Crippen molar-refractivity contribution in [2.75, 3.05) is 0 Å². The Hall–Kier alpha value is -0.570. The van der Waals surface area contributed by atoms with Gasteiger partial charge in [0, 0.05) is 0 Å². The summed E-state index contributed by atoms with van der Waals surface area (Å²) in [5.41, 5.74) is 0. The lowest BCUT2D eigenvalue weighted by Crippen LogP contribution is -3.60. The molecule has 0 nitrogen and oxygen atoms in total. The molecular weight excluding hydrogens is 331 g/mol. The van der Waals surface area contributed by atoms with Crippen LogP contribution in [-0.4, -0.2) is 0 Å². The molecule has 0 spiro atoms. The lowest BCUT2D eigenvalue weighted by molar-refractivity contribution is -0.544. The Balaban J connectivity index is -0.000000506. The summed E-state index contributed by atoms with van der Waals surface area (Å²) in [6, 6.07) is 0. The SMILES string of the molecule is C=C/C=C(\C=C/C)[I+]C(/C=C\C)=C/C.CC.CC. The van der Waals surface area contributed by atoms with E-state index in [1.807, 2.05) is 40.7 Å². The molecule has 0 rings (SSSR count). The number of halogens is 1. The van der Waals surface area contributed by atoms with E-state index in [2.05, 4.69) is 56.9 Å². The fourth-order valence-corrected chi connectivity index (χ4v) is 3.40. The third kappa shape index (κ3) is 15.4. The molecular formula is C17H30I+. The first-order chi connectivity index (χ1) is 8.78. The molecule has 0 aliphatic carbocycles. The summed E-state index contributed by atoms with van der Waals surface area (Å²) in [4.78, 5) is 0. The molecule has 0 aliphatic rings. The van der Waals surface area contributed by atoms with Crippen molar-refractivity contribution >= 4 is 0 Å². The van der Waals surface area contributed by atoms with Gasteiger partial charge in [0.05, 0.1) is 0 Å². The zero-order valence-corrected chi connectivity index (χ0v) is 15.3. The van der Waals surface area contributed by atoms with E-state index in [4.69, 9.17) is 0 Å². The fraction of sp³-hybridized carbons (Fsp3) is 0.412. The van der Waals surface area contributed by atoms with Crippen molar-refractivity contribution in [2.24, 2.45) is 0 Å². The second-order valence-electron chi connectivity index (χ2n) is 2.56. The molecule has 104 valence electrons. The van der Waals surface area contributed by atoms with Crippen LogP contribution in [0.1, 0.15) is 48.5 Å². The quantitative estimate of drug-likeness (QED) is 0.521. The number of hydrogen-bond donors (Lipinski definition) is 0. The van der Waals surface area contributed by atoms with Gasteiger partial charge in [-0.05, 0) is 45.1 Å². The molecule has 0 fully saturated rings. The van der Waals surface area contributed by atoms with Crippen LogP contribution in [0.2, 0.25) is 0 Å². The minimum Gasteiger partial charge on any atom is -0.0989 e. The average Bonchev–Trinajstić information content (AvgIpc) is 2.43.